The van der Waals surface area contributed by atoms with Crippen LogP contribution in [0, 0.1) is 5.92 Å². The standard InChI is InChI=1S/C17H24N2O/c18-15-7-8-16-14(12-15)9-10-19(16)17(20)11-13-5-3-1-2-4-6-13/h7-8,12-13H,1-6,9-11,18H2. The van der Waals surface area contributed by atoms with Gasteiger partial charge in [0.05, 0.1) is 0 Å². The summed E-state index contributed by atoms with van der Waals surface area (Å²) in [5.74, 6) is 0.906. The third-order valence-electron chi connectivity index (χ3n) is 4.74. The molecule has 0 aromatic heterocycles. The summed E-state index contributed by atoms with van der Waals surface area (Å²) in [7, 11) is 0. The molecule has 1 amide bonds. The van der Waals surface area contributed by atoms with Crippen molar-refractivity contribution in [2.45, 2.75) is 51.4 Å². The molecule has 0 atom stereocenters. The van der Waals surface area contributed by atoms with Gasteiger partial charge in [0, 0.05) is 24.3 Å². The number of hydrogen-bond donors (Lipinski definition) is 1. The average Bonchev–Trinajstić information content (AvgIpc) is 2.67. The van der Waals surface area contributed by atoms with Gasteiger partial charge in [-0.2, -0.15) is 0 Å². The Morgan fingerprint density at radius 3 is 2.70 bits per heavy atom. The molecular weight excluding hydrogens is 248 g/mol. The second-order valence-electron chi connectivity index (χ2n) is 6.25. The number of nitrogen functional groups attached to an aromatic ring is 1. The Balaban J connectivity index is 1.67. The first-order valence-corrected chi connectivity index (χ1v) is 7.93. The molecule has 2 aliphatic rings. The van der Waals surface area contributed by atoms with Gasteiger partial charge in [0.1, 0.15) is 0 Å². The molecule has 3 nitrogen and oxygen atoms in total. The molecule has 3 heteroatoms. The maximum absolute atomic E-state index is 12.6. The van der Waals surface area contributed by atoms with E-state index >= 15 is 0 Å². The molecule has 0 radical (unpaired) electrons. The zero-order chi connectivity index (χ0) is 13.9. The van der Waals surface area contributed by atoms with Crippen LogP contribution in [0.1, 0.15) is 50.5 Å². The lowest BCUT2D eigenvalue weighted by Crippen LogP contribution is -2.30. The van der Waals surface area contributed by atoms with Crippen molar-refractivity contribution in [3.8, 4) is 0 Å². The van der Waals surface area contributed by atoms with Gasteiger partial charge in [-0.15, -0.1) is 0 Å². The second-order valence-corrected chi connectivity index (χ2v) is 6.25. The van der Waals surface area contributed by atoms with E-state index < -0.39 is 0 Å². The summed E-state index contributed by atoms with van der Waals surface area (Å²) in [5, 5.41) is 0. The van der Waals surface area contributed by atoms with Crippen molar-refractivity contribution >= 4 is 17.3 Å². The SMILES string of the molecule is Nc1ccc2c(c1)CCN2C(=O)CC1CCCCCC1. The highest BCUT2D eigenvalue weighted by atomic mass is 16.2. The van der Waals surface area contributed by atoms with Crippen LogP contribution in [0.4, 0.5) is 11.4 Å². The third kappa shape index (κ3) is 2.82. The summed E-state index contributed by atoms with van der Waals surface area (Å²) in [6.07, 6.45) is 9.41. The summed E-state index contributed by atoms with van der Waals surface area (Å²) in [5.41, 5.74) is 8.91. The van der Waals surface area contributed by atoms with Crippen LogP contribution in [-0.4, -0.2) is 12.5 Å². The van der Waals surface area contributed by atoms with E-state index in [2.05, 4.69) is 0 Å². The number of benzene rings is 1. The number of nitrogens with zero attached hydrogens (tertiary/aromatic N) is 1. The van der Waals surface area contributed by atoms with Gasteiger partial charge in [-0.05, 0) is 48.9 Å². The minimum atomic E-state index is 0.306. The summed E-state index contributed by atoms with van der Waals surface area (Å²) < 4.78 is 0. The molecule has 2 N–H and O–H groups in total. The third-order valence-corrected chi connectivity index (χ3v) is 4.74. The maximum Gasteiger partial charge on any atom is 0.227 e. The molecule has 0 unspecified atom stereocenters. The first-order chi connectivity index (χ1) is 9.74. The topological polar surface area (TPSA) is 46.3 Å². The predicted molar refractivity (Wildman–Crippen MR) is 82.7 cm³/mol. The van der Waals surface area contributed by atoms with E-state index in [1.807, 2.05) is 23.1 Å². The fourth-order valence-electron chi connectivity index (χ4n) is 3.61. The van der Waals surface area contributed by atoms with E-state index in [1.54, 1.807) is 0 Å². The van der Waals surface area contributed by atoms with Crippen molar-refractivity contribution in [2.24, 2.45) is 5.92 Å². The number of amides is 1. The number of carbonyl (C=O) groups is 1. The van der Waals surface area contributed by atoms with E-state index in [0.29, 0.717) is 11.8 Å². The molecule has 1 aromatic carbocycles. The lowest BCUT2D eigenvalue weighted by molar-refractivity contribution is -0.119. The smallest absolute Gasteiger partial charge is 0.227 e. The van der Waals surface area contributed by atoms with Gasteiger partial charge in [-0.25, -0.2) is 0 Å². The van der Waals surface area contributed by atoms with Crippen molar-refractivity contribution in [1.29, 1.82) is 0 Å². The van der Waals surface area contributed by atoms with Gasteiger partial charge in [0.2, 0.25) is 5.91 Å². The van der Waals surface area contributed by atoms with Crippen molar-refractivity contribution in [2.75, 3.05) is 17.2 Å². The zero-order valence-corrected chi connectivity index (χ0v) is 12.1. The van der Waals surface area contributed by atoms with E-state index in [9.17, 15) is 4.79 Å². The lowest BCUT2D eigenvalue weighted by atomic mass is 9.96. The Labute approximate surface area is 121 Å². The van der Waals surface area contributed by atoms with E-state index in [-0.39, 0.29) is 0 Å². The number of hydrogen-bond acceptors (Lipinski definition) is 2. The number of carbonyl (C=O) groups excluding carboxylic acids is 1. The van der Waals surface area contributed by atoms with Crippen LogP contribution in [0.2, 0.25) is 0 Å². The zero-order valence-electron chi connectivity index (χ0n) is 12.1. The van der Waals surface area contributed by atoms with Crippen LogP contribution in [-0.2, 0) is 11.2 Å². The van der Waals surface area contributed by atoms with Gasteiger partial charge < -0.3 is 10.6 Å². The largest absolute Gasteiger partial charge is 0.399 e. The highest BCUT2D eigenvalue weighted by Gasteiger charge is 2.26. The highest BCUT2D eigenvalue weighted by molar-refractivity contribution is 5.95. The van der Waals surface area contributed by atoms with Gasteiger partial charge in [0.25, 0.3) is 0 Å². The Morgan fingerprint density at radius 1 is 1.20 bits per heavy atom. The molecule has 1 heterocycles. The monoisotopic (exact) mass is 272 g/mol. The van der Waals surface area contributed by atoms with Gasteiger partial charge in [-0.1, -0.05) is 25.7 Å². The summed E-state index contributed by atoms with van der Waals surface area (Å²) in [6.45, 7) is 0.824. The molecule has 0 saturated heterocycles. The summed E-state index contributed by atoms with van der Waals surface area (Å²) in [6, 6.07) is 5.91. The first kappa shape index (κ1) is 13.5. The molecule has 0 spiro atoms. The van der Waals surface area contributed by atoms with Crippen molar-refractivity contribution in [1.82, 2.24) is 0 Å². The first-order valence-electron chi connectivity index (χ1n) is 7.93. The quantitative estimate of drug-likeness (QED) is 0.661. The molecule has 1 aromatic rings. The Kier molecular flexibility index (Phi) is 3.95. The van der Waals surface area contributed by atoms with Crippen LogP contribution in [0.15, 0.2) is 18.2 Å². The maximum atomic E-state index is 12.6. The van der Waals surface area contributed by atoms with Crippen molar-refractivity contribution in [3.63, 3.8) is 0 Å². The number of nitrogens with two attached hydrogens (primary N) is 1. The molecule has 3 rings (SSSR count). The van der Waals surface area contributed by atoms with Crippen molar-refractivity contribution < 1.29 is 4.79 Å². The van der Waals surface area contributed by atoms with E-state index in [1.165, 1.54) is 44.1 Å². The Bertz CT molecular complexity index is 490. The van der Waals surface area contributed by atoms with Gasteiger partial charge >= 0.3 is 0 Å². The molecule has 20 heavy (non-hydrogen) atoms. The predicted octanol–water partition coefficient (Wildman–Crippen LogP) is 3.52. The molecule has 1 aliphatic heterocycles. The van der Waals surface area contributed by atoms with Crippen LogP contribution in [0.5, 0.6) is 0 Å². The fraction of sp³-hybridized carbons (Fsp3) is 0.588. The molecule has 0 bridgehead atoms. The molecular formula is C17H24N2O. The van der Waals surface area contributed by atoms with E-state index in [4.69, 9.17) is 5.73 Å². The number of rotatable bonds is 2. The average molecular weight is 272 g/mol. The molecule has 1 fully saturated rings. The normalized spacial score (nSPS) is 19.7. The highest BCUT2D eigenvalue weighted by Crippen LogP contribution is 2.32. The van der Waals surface area contributed by atoms with Crippen LogP contribution in [0.25, 0.3) is 0 Å². The molecule has 1 saturated carbocycles. The fourth-order valence-corrected chi connectivity index (χ4v) is 3.61. The second kappa shape index (κ2) is 5.86. The lowest BCUT2D eigenvalue weighted by Gasteiger charge is -2.21. The van der Waals surface area contributed by atoms with Crippen LogP contribution >= 0.6 is 0 Å². The molecule has 1 aliphatic carbocycles. The van der Waals surface area contributed by atoms with Crippen LogP contribution in [0.3, 0.4) is 0 Å². The van der Waals surface area contributed by atoms with Gasteiger partial charge in [-0.3, -0.25) is 4.79 Å². The molecule has 108 valence electrons. The number of fused-ring (bicyclic) bond motifs is 1. The Morgan fingerprint density at radius 2 is 1.95 bits per heavy atom. The number of anilines is 2. The Hall–Kier alpha value is -1.51. The summed E-state index contributed by atoms with van der Waals surface area (Å²) in [4.78, 5) is 14.5. The van der Waals surface area contributed by atoms with Crippen LogP contribution < -0.4 is 10.6 Å². The van der Waals surface area contributed by atoms with Crippen molar-refractivity contribution in [3.05, 3.63) is 23.8 Å². The van der Waals surface area contributed by atoms with Gasteiger partial charge in [0.15, 0.2) is 0 Å². The van der Waals surface area contributed by atoms with E-state index in [0.717, 1.165) is 30.8 Å². The minimum absolute atomic E-state index is 0.306. The minimum Gasteiger partial charge on any atom is -0.399 e. The summed E-state index contributed by atoms with van der Waals surface area (Å²) >= 11 is 0.